The van der Waals surface area contributed by atoms with Crippen molar-refractivity contribution in [3.63, 3.8) is 0 Å². The summed E-state index contributed by atoms with van der Waals surface area (Å²) in [4.78, 5) is 27.8. The van der Waals surface area contributed by atoms with Crippen LogP contribution in [0.15, 0.2) is 64.5 Å². The van der Waals surface area contributed by atoms with E-state index in [0.29, 0.717) is 15.8 Å². The largest absolute Gasteiger partial charge is 0.479 e. The van der Waals surface area contributed by atoms with Crippen molar-refractivity contribution in [2.24, 2.45) is 4.99 Å². The number of amides is 1. The monoisotopic (exact) mass is 368 g/mol. The summed E-state index contributed by atoms with van der Waals surface area (Å²) in [6.45, 7) is 1.46. The first kappa shape index (κ1) is 17.8. The Labute approximate surface area is 154 Å². The summed E-state index contributed by atoms with van der Waals surface area (Å²) in [6, 6.07) is 16.2. The highest BCUT2D eigenvalue weighted by Gasteiger charge is 2.23. The van der Waals surface area contributed by atoms with Crippen molar-refractivity contribution in [2.45, 2.75) is 13.0 Å². The zero-order valence-electron chi connectivity index (χ0n) is 13.9. The van der Waals surface area contributed by atoms with E-state index in [0.717, 1.165) is 11.3 Å². The van der Waals surface area contributed by atoms with Gasteiger partial charge >= 0.3 is 5.97 Å². The molecule has 1 saturated heterocycles. The van der Waals surface area contributed by atoms with Crippen LogP contribution >= 0.6 is 11.8 Å². The number of benzene rings is 2. The molecule has 1 heterocycles. The van der Waals surface area contributed by atoms with Gasteiger partial charge in [0.25, 0.3) is 5.91 Å². The minimum atomic E-state index is -1.03. The Kier molecular flexibility index (Phi) is 5.38. The molecule has 1 aliphatic heterocycles. The highest BCUT2D eigenvalue weighted by Crippen LogP contribution is 2.28. The average molecular weight is 368 g/mol. The number of hydrogen-bond donors (Lipinski definition) is 2. The van der Waals surface area contributed by atoms with Gasteiger partial charge in [0, 0.05) is 0 Å². The number of para-hydroxylation sites is 1. The molecule has 0 unspecified atom stereocenters. The van der Waals surface area contributed by atoms with Crippen molar-refractivity contribution >= 4 is 40.6 Å². The van der Waals surface area contributed by atoms with E-state index in [4.69, 9.17) is 9.84 Å². The van der Waals surface area contributed by atoms with Crippen LogP contribution in [0.1, 0.15) is 12.5 Å². The molecule has 1 amide bonds. The number of nitrogens with one attached hydrogen (secondary N) is 1. The smallest absolute Gasteiger partial charge is 0.344 e. The number of hydrogen-bond acceptors (Lipinski definition) is 5. The predicted molar refractivity (Wildman–Crippen MR) is 101 cm³/mol. The number of carboxylic acid groups (broad SMARTS) is 1. The van der Waals surface area contributed by atoms with Crippen LogP contribution in [0.2, 0.25) is 0 Å². The quantitative estimate of drug-likeness (QED) is 0.790. The maximum Gasteiger partial charge on any atom is 0.344 e. The van der Waals surface area contributed by atoms with Crippen molar-refractivity contribution < 1.29 is 19.4 Å². The summed E-state index contributed by atoms with van der Waals surface area (Å²) in [7, 11) is 0. The van der Waals surface area contributed by atoms with Crippen molar-refractivity contribution in [1.82, 2.24) is 5.32 Å². The first-order chi connectivity index (χ1) is 12.5. The number of rotatable bonds is 5. The zero-order chi connectivity index (χ0) is 18.5. The molecule has 0 radical (unpaired) electrons. The maximum absolute atomic E-state index is 12.1. The van der Waals surface area contributed by atoms with Gasteiger partial charge in [-0.15, -0.1) is 0 Å². The highest BCUT2D eigenvalue weighted by molar-refractivity contribution is 8.18. The van der Waals surface area contributed by atoms with E-state index in [2.05, 4.69) is 10.3 Å². The van der Waals surface area contributed by atoms with Gasteiger partial charge in [0.2, 0.25) is 0 Å². The zero-order valence-corrected chi connectivity index (χ0v) is 14.7. The number of carbonyl (C=O) groups is 2. The minimum Gasteiger partial charge on any atom is -0.479 e. The van der Waals surface area contributed by atoms with Crippen LogP contribution in [0.4, 0.5) is 5.69 Å². The lowest BCUT2D eigenvalue weighted by Crippen LogP contribution is -2.22. The van der Waals surface area contributed by atoms with E-state index in [1.165, 1.54) is 18.7 Å². The number of amidine groups is 1. The molecule has 0 spiro atoms. The Bertz CT molecular complexity index is 876. The Hall–Kier alpha value is -3.06. The number of aliphatic carboxylic acids is 1. The molecule has 132 valence electrons. The van der Waals surface area contributed by atoms with Crippen molar-refractivity contribution in [2.75, 3.05) is 0 Å². The second kappa shape index (κ2) is 7.88. The van der Waals surface area contributed by atoms with Gasteiger partial charge in [-0.25, -0.2) is 9.79 Å². The molecule has 0 bridgehead atoms. The molecule has 2 aromatic carbocycles. The van der Waals surface area contributed by atoms with Crippen LogP contribution in [0.25, 0.3) is 6.08 Å². The minimum absolute atomic E-state index is 0.204. The first-order valence-corrected chi connectivity index (χ1v) is 8.67. The van der Waals surface area contributed by atoms with Gasteiger partial charge in [-0.3, -0.25) is 4.79 Å². The topological polar surface area (TPSA) is 88.0 Å². The second-order valence-corrected chi connectivity index (χ2v) is 6.52. The van der Waals surface area contributed by atoms with Gasteiger partial charge in [0.15, 0.2) is 11.3 Å². The van der Waals surface area contributed by atoms with Gasteiger partial charge in [-0.05, 0) is 54.6 Å². The molecular formula is C19H16N2O4S. The summed E-state index contributed by atoms with van der Waals surface area (Å²) >= 11 is 1.27. The summed E-state index contributed by atoms with van der Waals surface area (Å²) < 4.78 is 5.28. The number of carboxylic acids is 1. The second-order valence-electron chi connectivity index (χ2n) is 5.48. The SMILES string of the molecule is C[C@H](Oc1ccc(/C=C2\SC(=Nc3ccccc3)NC2=O)cc1)C(=O)O. The average Bonchev–Trinajstić information content (AvgIpc) is 2.96. The predicted octanol–water partition coefficient (Wildman–Crippen LogP) is 3.43. The van der Waals surface area contributed by atoms with E-state index in [1.807, 2.05) is 30.3 Å². The van der Waals surface area contributed by atoms with Crippen molar-refractivity contribution in [1.29, 1.82) is 0 Å². The molecule has 1 aliphatic rings. The van der Waals surface area contributed by atoms with Crippen LogP contribution in [-0.2, 0) is 9.59 Å². The van der Waals surface area contributed by atoms with Gasteiger partial charge in [0.1, 0.15) is 5.75 Å². The highest BCUT2D eigenvalue weighted by atomic mass is 32.2. The van der Waals surface area contributed by atoms with Crippen LogP contribution in [-0.4, -0.2) is 28.3 Å². The molecule has 0 aliphatic carbocycles. The van der Waals surface area contributed by atoms with Gasteiger partial charge in [-0.1, -0.05) is 30.3 Å². The summed E-state index contributed by atoms with van der Waals surface area (Å²) in [6.07, 6.45) is 0.824. The van der Waals surface area contributed by atoms with E-state index in [9.17, 15) is 9.59 Å². The molecule has 6 nitrogen and oxygen atoms in total. The van der Waals surface area contributed by atoms with Crippen LogP contribution in [0, 0.1) is 0 Å². The molecule has 1 fully saturated rings. The lowest BCUT2D eigenvalue weighted by atomic mass is 10.2. The third kappa shape index (κ3) is 4.52. The van der Waals surface area contributed by atoms with Crippen LogP contribution in [0.3, 0.4) is 0 Å². The molecule has 7 heteroatoms. The fraction of sp³-hybridized carbons (Fsp3) is 0.105. The van der Waals surface area contributed by atoms with E-state index >= 15 is 0 Å². The van der Waals surface area contributed by atoms with Crippen molar-refractivity contribution in [3.8, 4) is 5.75 Å². The number of aliphatic imine (C=N–C) groups is 1. The molecule has 0 aromatic heterocycles. The summed E-state index contributed by atoms with van der Waals surface area (Å²) in [5.74, 6) is -0.776. The molecule has 2 aromatic rings. The normalized spacial score (nSPS) is 18.0. The Morgan fingerprint density at radius 1 is 1.19 bits per heavy atom. The molecule has 2 N–H and O–H groups in total. The Balaban J connectivity index is 1.71. The fourth-order valence-corrected chi connectivity index (χ4v) is 2.99. The van der Waals surface area contributed by atoms with Crippen LogP contribution in [0.5, 0.6) is 5.75 Å². The summed E-state index contributed by atoms with van der Waals surface area (Å²) in [5, 5.41) is 12.1. The van der Waals surface area contributed by atoms with Crippen LogP contribution < -0.4 is 10.1 Å². The van der Waals surface area contributed by atoms with Crippen molar-refractivity contribution in [3.05, 3.63) is 65.1 Å². The van der Waals surface area contributed by atoms with E-state index in [-0.39, 0.29) is 5.91 Å². The van der Waals surface area contributed by atoms with Gasteiger partial charge in [0.05, 0.1) is 10.6 Å². The molecule has 0 saturated carbocycles. The number of thioether (sulfide) groups is 1. The van der Waals surface area contributed by atoms with E-state index in [1.54, 1.807) is 30.3 Å². The van der Waals surface area contributed by atoms with Gasteiger partial charge in [-0.2, -0.15) is 0 Å². The third-order valence-corrected chi connectivity index (χ3v) is 4.39. The van der Waals surface area contributed by atoms with Gasteiger partial charge < -0.3 is 15.2 Å². The lowest BCUT2D eigenvalue weighted by molar-refractivity contribution is -0.144. The summed E-state index contributed by atoms with van der Waals surface area (Å²) in [5.41, 5.74) is 1.57. The maximum atomic E-state index is 12.1. The Morgan fingerprint density at radius 2 is 1.88 bits per heavy atom. The standard InChI is InChI=1S/C19H16N2O4S/c1-12(18(23)24)25-15-9-7-13(8-10-15)11-16-17(22)21-19(26-16)20-14-5-3-2-4-6-14/h2-12H,1H3,(H,23,24)(H,20,21,22)/b16-11-/t12-/m0/s1. The lowest BCUT2D eigenvalue weighted by Gasteiger charge is -2.10. The number of carbonyl (C=O) groups excluding carboxylic acids is 1. The number of ether oxygens (including phenoxy) is 1. The van der Waals surface area contributed by atoms with E-state index < -0.39 is 12.1 Å². The molecule has 1 atom stereocenters. The number of nitrogens with zero attached hydrogens (tertiary/aromatic N) is 1. The third-order valence-electron chi connectivity index (χ3n) is 3.48. The fourth-order valence-electron chi connectivity index (χ4n) is 2.15. The molecule has 26 heavy (non-hydrogen) atoms. The molecular weight excluding hydrogens is 352 g/mol. The Morgan fingerprint density at radius 3 is 2.54 bits per heavy atom. The molecule has 3 rings (SSSR count). The first-order valence-electron chi connectivity index (χ1n) is 7.85.